The number of carbonyl (C=O) groups is 2. The SMILES string of the molecule is COCCn1cc(-c2ccc(C[C@@H](C#N)NC(=O)[C@@H]3[C@H]4CC[C@H](C4)N3C(=O)OC(C)(C)C)c(F)c2)cn1. The molecule has 4 rings (SSSR count). The molecular weight excluding hydrogens is 477 g/mol. The molecule has 198 valence electrons. The zero-order valence-corrected chi connectivity index (χ0v) is 21.7. The molecule has 2 bridgehead atoms. The average Bonchev–Trinajstić information content (AvgIpc) is 3.58. The second-order valence-electron chi connectivity index (χ2n) is 10.7. The number of nitriles is 1. The highest BCUT2D eigenvalue weighted by molar-refractivity contribution is 5.87. The molecule has 10 heteroatoms. The fourth-order valence-corrected chi connectivity index (χ4v) is 5.22. The van der Waals surface area contributed by atoms with E-state index in [0.29, 0.717) is 24.3 Å². The van der Waals surface area contributed by atoms with Gasteiger partial charge in [-0.2, -0.15) is 10.4 Å². The topological polar surface area (TPSA) is 109 Å². The summed E-state index contributed by atoms with van der Waals surface area (Å²) in [5, 5.41) is 16.7. The molecule has 1 aliphatic heterocycles. The number of rotatable bonds is 8. The van der Waals surface area contributed by atoms with E-state index in [9.17, 15) is 19.2 Å². The van der Waals surface area contributed by atoms with Gasteiger partial charge in [-0.05, 0) is 63.1 Å². The van der Waals surface area contributed by atoms with Crippen molar-refractivity contribution in [1.82, 2.24) is 20.0 Å². The number of benzene rings is 1. The smallest absolute Gasteiger partial charge is 0.411 e. The number of aromatic nitrogens is 2. The van der Waals surface area contributed by atoms with Crippen molar-refractivity contribution in [3.8, 4) is 17.2 Å². The predicted molar refractivity (Wildman–Crippen MR) is 134 cm³/mol. The first kappa shape index (κ1) is 26.6. The maximum atomic E-state index is 15.0. The average molecular weight is 512 g/mol. The van der Waals surface area contributed by atoms with E-state index in [1.54, 1.807) is 50.9 Å². The van der Waals surface area contributed by atoms with Gasteiger partial charge in [-0.1, -0.05) is 12.1 Å². The summed E-state index contributed by atoms with van der Waals surface area (Å²) in [4.78, 5) is 27.6. The Kier molecular flexibility index (Phi) is 7.83. The van der Waals surface area contributed by atoms with Gasteiger partial charge in [-0.3, -0.25) is 14.4 Å². The lowest BCUT2D eigenvalue weighted by atomic mass is 9.97. The number of amides is 2. The molecule has 1 aromatic carbocycles. The van der Waals surface area contributed by atoms with Crippen LogP contribution in [0.25, 0.3) is 11.1 Å². The Morgan fingerprint density at radius 3 is 2.76 bits per heavy atom. The van der Waals surface area contributed by atoms with Gasteiger partial charge < -0.3 is 14.8 Å². The Hall–Kier alpha value is -3.45. The molecule has 0 radical (unpaired) electrons. The summed E-state index contributed by atoms with van der Waals surface area (Å²) in [6.45, 7) is 6.47. The number of methoxy groups -OCH3 is 1. The lowest BCUT2D eigenvalue weighted by Gasteiger charge is -2.35. The van der Waals surface area contributed by atoms with Gasteiger partial charge in [0.2, 0.25) is 5.91 Å². The maximum Gasteiger partial charge on any atom is 0.411 e. The summed E-state index contributed by atoms with van der Waals surface area (Å²) < 4.78 is 27.3. The quantitative estimate of drug-likeness (QED) is 0.579. The molecule has 37 heavy (non-hydrogen) atoms. The molecule has 0 spiro atoms. The number of hydrogen-bond donors (Lipinski definition) is 1. The monoisotopic (exact) mass is 511 g/mol. The first-order valence-electron chi connectivity index (χ1n) is 12.6. The van der Waals surface area contributed by atoms with Gasteiger partial charge in [0, 0.05) is 31.3 Å². The Balaban J connectivity index is 1.42. The third-order valence-corrected chi connectivity index (χ3v) is 6.90. The third kappa shape index (κ3) is 6.10. The van der Waals surface area contributed by atoms with Gasteiger partial charge in [0.05, 0.1) is 25.4 Å². The molecule has 2 fully saturated rings. The van der Waals surface area contributed by atoms with Crippen molar-refractivity contribution in [2.75, 3.05) is 13.7 Å². The van der Waals surface area contributed by atoms with Crippen LogP contribution in [0.4, 0.5) is 9.18 Å². The van der Waals surface area contributed by atoms with E-state index in [1.807, 2.05) is 6.20 Å². The van der Waals surface area contributed by atoms with Crippen LogP contribution < -0.4 is 5.32 Å². The van der Waals surface area contributed by atoms with Crippen molar-refractivity contribution >= 4 is 12.0 Å². The van der Waals surface area contributed by atoms with Crippen molar-refractivity contribution in [3.63, 3.8) is 0 Å². The molecule has 1 aliphatic carbocycles. The Bertz CT molecular complexity index is 1180. The number of carbonyl (C=O) groups excluding carboxylic acids is 2. The molecule has 9 nitrogen and oxygen atoms in total. The number of nitrogens with zero attached hydrogens (tertiary/aromatic N) is 4. The van der Waals surface area contributed by atoms with Crippen LogP contribution in [0.5, 0.6) is 0 Å². The molecule has 1 N–H and O–H groups in total. The molecule has 2 heterocycles. The normalized spacial score (nSPS) is 21.5. The summed E-state index contributed by atoms with van der Waals surface area (Å²) in [6.07, 6.45) is 5.39. The molecule has 2 aromatic rings. The highest BCUT2D eigenvalue weighted by atomic mass is 19.1. The van der Waals surface area contributed by atoms with E-state index < -0.39 is 35.5 Å². The second-order valence-corrected chi connectivity index (χ2v) is 10.7. The highest BCUT2D eigenvalue weighted by Crippen LogP contribution is 2.43. The van der Waals surface area contributed by atoms with E-state index in [0.717, 1.165) is 24.8 Å². The maximum absolute atomic E-state index is 15.0. The standard InChI is InChI=1S/C27H34FN5O4/c1-27(2,3)37-26(35)33-22-8-7-19(12-22)24(33)25(34)31-21(14-29)11-18-6-5-17(13-23(18)28)20-15-30-32(16-20)9-10-36-4/h5-6,13,15-16,19,21-22,24H,7-12H2,1-4H3,(H,31,34)/t19-,21-,22+,24-/m0/s1. The van der Waals surface area contributed by atoms with Crippen LogP contribution in [0.3, 0.4) is 0 Å². The number of hydrogen-bond acceptors (Lipinski definition) is 6. The molecule has 1 saturated heterocycles. The van der Waals surface area contributed by atoms with E-state index in [4.69, 9.17) is 9.47 Å². The number of nitrogens with one attached hydrogen (secondary N) is 1. The number of likely N-dealkylation sites (tertiary alicyclic amines) is 1. The Labute approximate surface area is 216 Å². The van der Waals surface area contributed by atoms with Gasteiger partial charge in [-0.15, -0.1) is 0 Å². The van der Waals surface area contributed by atoms with Crippen LogP contribution in [0.1, 0.15) is 45.6 Å². The zero-order valence-electron chi connectivity index (χ0n) is 21.7. The van der Waals surface area contributed by atoms with E-state index >= 15 is 0 Å². The summed E-state index contributed by atoms with van der Waals surface area (Å²) in [5.41, 5.74) is 1.07. The molecule has 2 aliphatic rings. The molecular formula is C27H34FN5O4. The zero-order chi connectivity index (χ0) is 26.7. The minimum atomic E-state index is -0.941. The summed E-state index contributed by atoms with van der Waals surface area (Å²) in [6, 6.07) is 5.20. The summed E-state index contributed by atoms with van der Waals surface area (Å²) in [7, 11) is 1.62. The lowest BCUT2D eigenvalue weighted by Crippen LogP contribution is -2.55. The van der Waals surface area contributed by atoms with Gasteiger partial charge in [-0.25, -0.2) is 9.18 Å². The number of fused-ring (bicyclic) bond motifs is 2. The van der Waals surface area contributed by atoms with Crippen LogP contribution in [0.15, 0.2) is 30.6 Å². The van der Waals surface area contributed by atoms with Crippen LogP contribution in [-0.4, -0.2) is 64.1 Å². The molecule has 1 saturated carbocycles. The largest absolute Gasteiger partial charge is 0.444 e. The molecule has 1 aromatic heterocycles. The van der Waals surface area contributed by atoms with Crippen molar-refractivity contribution in [2.24, 2.45) is 5.92 Å². The Morgan fingerprint density at radius 2 is 2.08 bits per heavy atom. The first-order valence-corrected chi connectivity index (χ1v) is 12.6. The fraction of sp³-hybridized carbons (Fsp3) is 0.556. The number of ether oxygens (including phenoxy) is 2. The third-order valence-electron chi connectivity index (χ3n) is 6.90. The molecule has 4 atom stereocenters. The number of piperidine rings is 1. The summed E-state index contributed by atoms with van der Waals surface area (Å²) in [5.74, 6) is -0.838. The van der Waals surface area contributed by atoms with Gasteiger partial charge in [0.1, 0.15) is 23.5 Å². The van der Waals surface area contributed by atoms with Crippen LogP contribution in [0.2, 0.25) is 0 Å². The van der Waals surface area contributed by atoms with Crippen molar-refractivity contribution in [2.45, 2.75) is 76.7 Å². The van der Waals surface area contributed by atoms with E-state index in [2.05, 4.69) is 16.5 Å². The predicted octanol–water partition coefficient (Wildman–Crippen LogP) is 3.67. The van der Waals surface area contributed by atoms with Gasteiger partial charge in [0.25, 0.3) is 0 Å². The van der Waals surface area contributed by atoms with Crippen LogP contribution in [-0.2, 0) is 27.2 Å². The Morgan fingerprint density at radius 1 is 1.30 bits per heavy atom. The first-order chi connectivity index (χ1) is 17.6. The lowest BCUT2D eigenvalue weighted by molar-refractivity contribution is -0.128. The van der Waals surface area contributed by atoms with Crippen molar-refractivity contribution < 1.29 is 23.5 Å². The minimum absolute atomic E-state index is 0.00864. The van der Waals surface area contributed by atoms with Crippen LogP contribution >= 0.6 is 0 Å². The van der Waals surface area contributed by atoms with Crippen molar-refractivity contribution in [3.05, 3.63) is 42.0 Å². The summed E-state index contributed by atoms with van der Waals surface area (Å²) >= 11 is 0. The highest BCUT2D eigenvalue weighted by Gasteiger charge is 2.52. The number of halogens is 1. The second kappa shape index (κ2) is 10.9. The van der Waals surface area contributed by atoms with Crippen LogP contribution in [0, 0.1) is 23.1 Å². The van der Waals surface area contributed by atoms with Gasteiger partial charge >= 0.3 is 6.09 Å². The minimum Gasteiger partial charge on any atom is -0.444 e. The van der Waals surface area contributed by atoms with Gasteiger partial charge in [0.15, 0.2) is 0 Å². The fourth-order valence-electron chi connectivity index (χ4n) is 5.22. The van der Waals surface area contributed by atoms with E-state index in [-0.39, 0.29) is 18.4 Å². The molecule has 2 amide bonds. The van der Waals surface area contributed by atoms with Crippen molar-refractivity contribution in [1.29, 1.82) is 5.26 Å². The molecule has 0 unspecified atom stereocenters. The van der Waals surface area contributed by atoms with E-state index in [1.165, 1.54) is 11.0 Å².